The van der Waals surface area contributed by atoms with Crippen LogP contribution in [-0.4, -0.2) is 35.3 Å². The van der Waals surface area contributed by atoms with Crippen molar-refractivity contribution in [2.45, 2.75) is 44.8 Å². The molecule has 1 amide bonds. The molecule has 5 nitrogen and oxygen atoms in total. The van der Waals surface area contributed by atoms with Gasteiger partial charge in [-0.2, -0.15) is 0 Å². The Labute approximate surface area is 125 Å². The van der Waals surface area contributed by atoms with E-state index in [1.807, 2.05) is 39.0 Å². The van der Waals surface area contributed by atoms with Crippen LogP contribution in [0.1, 0.15) is 32.8 Å². The summed E-state index contributed by atoms with van der Waals surface area (Å²) in [6.45, 7) is 6.77. The van der Waals surface area contributed by atoms with E-state index in [-0.39, 0.29) is 11.7 Å². The zero-order valence-electron chi connectivity index (χ0n) is 12.8. The van der Waals surface area contributed by atoms with Crippen molar-refractivity contribution >= 4 is 11.8 Å². The zero-order valence-corrected chi connectivity index (χ0v) is 12.8. The molecule has 2 aliphatic rings. The molecule has 5 heteroatoms. The fourth-order valence-corrected chi connectivity index (χ4v) is 2.85. The number of anilines is 1. The molecule has 2 aliphatic heterocycles. The van der Waals surface area contributed by atoms with Crippen molar-refractivity contribution in [3.8, 4) is 5.75 Å². The first-order valence-corrected chi connectivity index (χ1v) is 7.32. The molecule has 21 heavy (non-hydrogen) atoms. The number of hydrogen-bond acceptors (Lipinski definition) is 4. The molecule has 1 fully saturated rings. The largest absolute Gasteiger partial charge is 0.483 e. The number of ether oxygens (including phenoxy) is 2. The van der Waals surface area contributed by atoms with E-state index in [0.29, 0.717) is 18.8 Å². The summed E-state index contributed by atoms with van der Waals surface area (Å²) in [5, 5.41) is 0. The van der Waals surface area contributed by atoms with Gasteiger partial charge in [-0.1, -0.05) is 6.07 Å². The number of carbonyl (C=O) groups is 1. The van der Waals surface area contributed by atoms with Crippen LogP contribution in [0.2, 0.25) is 0 Å². The Morgan fingerprint density at radius 2 is 2.10 bits per heavy atom. The molecule has 0 unspecified atom stereocenters. The van der Waals surface area contributed by atoms with Crippen LogP contribution in [-0.2, 0) is 11.2 Å². The van der Waals surface area contributed by atoms with Crippen molar-refractivity contribution in [3.63, 3.8) is 0 Å². The Morgan fingerprint density at radius 3 is 2.76 bits per heavy atom. The number of aryl methyl sites for hydroxylation is 1. The standard InChI is InChI=1S/C16H22N2O3/c1-15(2,3)21-14(19)18-9-16(10-18)7-6-11-4-5-12(17)8-13(11)20-16/h4-5,8H,6-7,9-10,17H2,1-3H3. The Balaban J connectivity index is 1.64. The second kappa shape index (κ2) is 4.55. The SMILES string of the molecule is CC(C)(C)OC(=O)N1CC2(CCc3ccc(N)cc3O2)C1. The number of carbonyl (C=O) groups excluding carboxylic acids is 1. The lowest BCUT2D eigenvalue weighted by Crippen LogP contribution is -2.67. The van der Waals surface area contributed by atoms with Gasteiger partial charge >= 0.3 is 6.09 Å². The summed E-state index contributed by atoms with van der Waals surface area (Å²) in [5.74, 6) is 0.852. The molecule has 0 bridgehead atoms. The second-order valence-electron chi connectivity index (χ2n) is 6.99. The molecule has 2 N–H and O–H groups in total. The number of hydrogen-bond donors (Lipinski definition) is 1. The Morgan fingerprint density at radius 1 is 1.38 bits per heavy atom. The highest BCUT2D eigenvalue weighted by atomic mass is 16.6. The van der Waals surface area contributed by atoms with Crippen LogP contribution in [0.5, 0.6) is 5.75 Å². The van der Waals surface area contributed by atoms with Crippen molar-refractivity contribution in [1.82, 2.24) is 4.90 Å². The summed E-state index contributed by atoms with van der Waals surface area (Å²) < 4.78 is 11.5. The Kier molecular flexibility index (Phi) is 3.04. The lowest BCUT2D eigenvalue weighted by molar-refractivity contribution is -0.0913. The molecule has 2 heterocycles. The van der Waals surface area contributed by atoms with Gasteiger partial charge in [0.15, 0.2) is 0 Å². The van der Waals surface area contributed by atoms with Gasteiger partial charge in [-0.05, 0) is 45.2 Å². The number of nitrogens with zero attached hydrogens (tertiary/aromatic N) is 1. The smallest absolute Gasteiger partial charge is 0.410 e. The number of rotatable bonds is 0. The molecule has 0 atom stereocenters. The third kappa shape index (κ3) is 2.77. The quantitative estimate of drug-likeness (QED) is 0.746. The topological polar surface area (TPSA) is 64.8 Å². The minimum Gasteiger partial charge on any atom is -0.483 e. The Bertz CT molecular complexity index is 571. The molecule has 1 spiro atoms. The third-order valence-electron chi connectivity index (χ3n) is 3.88. The molecule has 1 aromatic carbocycles. The summed E-state index contributed by atoms with van der Waals surface area (Å²) in [7, 11) is 0. The number of nitrogens with two attached hydrogens (primary N) is 1. The molecule has 0 aliphatic carbocycles. The molecule has 3 rings (SSSR count). The van der Waals surface area contributed by atoms with Gasteiger partial charge in [0, 0.05) is 11.8 Å². The lowest BCUT2D eigenvalue weighted by Gasteiger charge is -2.51. The van der Waals surface area contributed by atoms with Crippen LogP contribution in [0.15, 0.2) is 18.2 Å². The molecule has 0 radical (unpaired) electrons. The van der Waals surface area contributed by atoms with E-state index in [0.717, 1.165) is 18.6 Å². The van der Waals surface area contributed by atoms with Gasteiger partial charge in [-0.15, -0.1) is 0 Å². The van der Waals surface area contributed by atoms with Crippen LogP contribution in [0.3, 0.4) is 0 Å². The number of likely N-dealkylation sites (tertiary alicyclic amines) is 1. The highest BCUT2D eigenvalue weighted by molar-refractivity contribution is 5.70. The van der Waals surface area contributed by atoms with Crippen LogP contribution >= 0.6 is 0 Å². The summed E-state index contributed by atoms with van der Waals surface area (Å²) >= 11 is 0. The maximum absolute atomic E-state index is 12.0. The minimum absolute atomic E-state index is 0.266. The van der Waals surface area contributed by atoms with E-state index in [2.05, 4.69) is 0 Å². The highest BCUT2D eigenvalue weighted by Crippen LogP contribution is 2.39. The minimum atomic E-state index is -0.464. The van der Waals surface area contributed by atoms with E-state index in [1.54, 1.807) is 4.90 Å². The van der Waals surface area contributed by atoms with E-state index in [4.69, 9.17) is 15.2 Å². The first-order chi connectivity index (χ1) is 9.76. The number of benzene rings is 1. The number of amides is 1. The van der Waals surface area contributed by atoms with Crippen LogP contribution in [0.4, 0.5) is 10.5 Å². The normalized spacial score (nSPS) is 19.5. The van der Waals surface area contributed by atoms with Gasteiger partial charge in [-0.25, -0.2) is 4.79 Å². The number of nitrogen functional groups attached to an aromatic ring is 1. The first-order valence-electron chi connectivity index (χ1n) is 7.32. The number of fused-ring (bicyclic) bond motifs is 1. The van der Waals surface area contributed by atoms with E-state index >= 15 is 0 Å². The van der Waals surface area contributed by atoms with Gasteiger partial charge in [-0.3, -0.25) is 0 Å². The second-order valence-corrected chi connectivity index (χ2v) is 6.99. The van der Waals surface area contributed by atoms with E-state index in [1.165, 1.54) is 5.56 Å². The first kappa shape index (κ1) is 14.0. The van der Waals surface area contributed by atoms with Crippen molar-refractivity contribution in [3.05, 3.63) is 23.8 Å². The maximum Gasteiger partial charge on any atom is 0.410 e. The molecular formula is C16H22N2O3. The Hall–Kier alpha value is -1.91. The average molecular weight is 290 g/mol. The van der Waals surface area contributed by atoms with Crippen molar-refractivity contribution < 1.29 is 14.3 Å². The van der Waals surface area contributed by atoms with Gasteiger partial charge in [0.1, 0.15) is 17.0 Å². The van der Waals surface area contributed by atoms with Crippen molar-refractivity contribution in [2.24, 2.45) is 0 Å². The average Bonchev–Trinajstić information content (AvgIpc) is 2.32. The van der Waals surface area contributed by atoms with Gasteiger partial charge in [0.25, 0.3) is 0 Å². The van der Waals surface area contributed by atoms with Crippen LogP contribution < -0.4 is 10.5 Å². The molecule has 114 valence electrons. The van der Waals surface area contributed by atoms with E-state index in [9.17, 15) is 4.79 Å². The highest BCUT2D eigenvalue weighted by Gasteiger charge is 2.50. The predicted molar refractivity (Wildman–Crippen MR) is 80.3 cm³/mol. The summed E-state index contributed by atoms with van der Waals surface area (Å²) in [4.78, 5) is 13.7. The molecule has 0 saturated carbocycles. The lowest BCUT2D eigenvalue weighted by atomic mass is 9.84. The zero-order chi connectivity index (χ0) is 15.3. The van der Waals surface area contributed by atoms with Crippen LogP contribution in [0.25, 0.3) is 0 Å². The fourth-order valence-electron chi connectivity index (χ4n) is 2.85. The predicted octanol–water partition coefficient (Wildman–Crippen LogP) is 2.58. The molecule has 0 aromatic heterocycles. The molecular weight excluding hydrogens is 268 g/mol. The summed E-state index contributed by atoms with van der Waals surface area (Å²) in [5.41, 5.74) is 6.97. The van der Waals surface area contributed by atoms with Gasteiger partial charge in [0.2, 0.25) is 0 Å². The monoisotopic (exact) mass is 290 g/mol. The molecule has 1 aromatic rings. The van der Waals surface area contributed by atoms with Gasteiger partial charge in [0.05, 0.1) is 13.1 Å². The summed E-state index contributed by atoms with van der Waals surface area (Å²) in [6.07, 6.45) is 1.61. The van der Waals surface area contributed by atoms with Crippen LogP contribution in [0, 0.1) is 0 Å². The maximum atomic E-state index is 12.0. The molecule has 1 saturated heterocycles. The van der Waals surface area contributed by atoms with Crippen molar-refractivity contribution in [1.29, 1.82) is 0 Å². The fraction of sp³-hybridized carbons (Fsp3) is 0.562. The summed E-state index contributed by atoms with van der Waals surface area (Å²) in [6, 6.07) is 5.78. The third-order valence-corrected chi connectivity index (χ3v) is 3.88. The van der Waals surface area contributed by atoms with Gasteiger partial charge < -0.3 is 20.1 Å². The van der Waals surface area contributed by atoms with E-state index < -0.39 is 5.60 Å². The van der Waals surface area contributed by atoms with Crippen molar-refractivity contribution in [2.75, 3.05) is 18.8 Å².